The minimum absolute atomic E-state index is 0.00109. The van der Waals surface area contributed by atoms with Gasteiger partial charge in [0.1, 0.15) is 11.7 Å². The lowest BCUT2D eigenvalue weighted by Crippen LogP contribution is -2.52. The van der Waals surface area contributed by atoms with E-state index in [9.17, 15) is 14.4 Å². The van der Waals surface area contributed by atoms with Crippen LogP contribution >= 0.6 is 0 Å². The maximum absolute atomic E-state index is 13.1. The number of primary amides is 1. The number of rotatable bonds is 7. The Balaban J connectivity index is 1.77. The topological polar surface area (TPSA) is 133 Å². The van der Waals surface area contributed by atoms with Gasteiger partial charge in [-0.2, -0.15) is 5.26 Å². The summed E-state index contributed by atoms with van der Waals surface area (Å²) in [6.07, 6.45) is 4.84. The summed E-state index contributed by atoms with van der Waals surface area (Å²) in [7, 11) is 0. The van der Waals surface area contributed by atoms with Crippen LogP contribution in [-0.2, 0) is 4.79 Å². The number of nitrogens with two attached hydrogens (primary N) is 2. The van der Waals surface area contributed by atoms with Crippen molar-refractivity contribution in [1.29, 1.82) is 5.26 Å². The number of halogens is 1. The summed E-state index contributed by atoms with van der Waals surface area (Å²) in [5.41, 5.74) is 13.4. The van der Waals surface area contributed by atoms with Crippen molar-refractivity contribution in [2.75, 3.05) is 18.0 Å². The van der Waals surface area contributed by atoms with E-state index >= 15 is 0 Å². The molecule has 0 aliphatic carbocycles. The van der Waals surface area contributed by atoms with Gasteiger partial charge in [0, 0.05) is 36.9 Å². The van der Waals surface area contributed by atoms with Crippen LogP contribution in [0, 0.1) is 24.1 Å². The first-order valence-corrected chi connectivity index (χ1v) is 10.2. The molecule has 9 heteroatoms. The second-order valence-electron chi connectivity index (χ2n) is 7.80. The van der Waals surface area contributed by atoms with E-state index in [4.69, 9.17) is 11.5 Å². The number of amides is 1. The number of carbonyl (C=O) groups is 1. The molecule has 1 aliphatic heterocycles. The largest absolute Gasteiger partial charge is 0.384 e. The van der Waals surface area contributed by atoms with Crippen molar-refractivity contribution in [3.63, 3.8) is 0 Å². The van der Waals surface area contributed by atoms with Gasteiger partial charge in [-0.25, -0.2) is 9.38 Å². The number of aromatic nitrogens is 1. The van der Waals surface area contributed by atoms with Gasteiger partial charge in [0.05, 0.1) is 29.3 Å². The lowest BCUT2D eigenvalue weighted by Gasteiger charge is -2.42. The predicted octanol–water partition coefficient (Wildman–Crippen LogP) is 2.43. The van der Waals surface area contributed by atoms with Crippen LogP contribution in [0.5, 0.6) is 0 Å². The zero-order chi connectivity index (χ0) is 23.1. The molecule has 0 radical (unpaired) electrons. The van der Waals surface area contributed by atoms with Crippen LogP contribution in [0.2, 0.25) is 0 Å². The Morgan fingerprint density at radius 1 is 1.31 bits per heavy atom. The molecule has 8 nitrogen and oxygen atoms in total. The van der Waals surface area contributed by atoms with Crippen molar-refractivity contribution in [1.82, 2.24) is 10.3 Å². The number of carbonyl (C=O) groups excluding carboxylic acids is 1. The molecule has 2 heterocycles. The number of amidine groups is 1. The van der Waals surface area contributed by atoms with Gasteiger partial charge in [-0.3, -0.25) is 9.78 Å². The first-order valence-electron chi connectivity index (χ1n) is 10.2. The molecule has 3 rings (SSSR count). The third-order valence-corrected chi connectivity index (χ3v) is 5.52. The average Bonchev–Trinajstić information content (AvgIpc) is 2.76. The molecule has 2 aromatic rings. The standard InChI is InChI=1S/C23H26FN7O/c1-16-14-19(6-11-28-16)31-12-8-23(7-10-25,9-13-31)29-15-20(22(27)32)21(26)30-18-4-2-17(24)3-5-18/h2-6,11,14-15,29H,7-9,12-13H2,1H3,(H2,26,30)(H2,27,32)/b20-15+. The van der Waals surface area contributed by atoms with E-state index < -0.39 is 17.3 Å². The van der Waals surface area contributed by atoms with Gasteiger partial charge < -0.3 is 21.7 Å². The number of piperidine rings is 1. The third kappa shape index (κ3) is 5.60. The fourth-order valence-corrected chi connectivity index (χ4v) is 3.66. The molecule has 0 saturated carbocycles. The smallest absolute Gasteiger partial charge is 0.253 e. The summed E-state index contributed by atoms with van der Waals surface area (Å²) in [4.78, 5) is 22.6. The maximum Gasteiger partial charge on any atom is 0.253 e. The number of nitrogens with zero attached hydrogens (tertiary/aromatic N) is 4. The Bertz CT molecular complexity index is 1060. The first kappa shape index (κ1) is 22.7. The van der Waals surface area contributed by atoms with Gasteiger partial charge >= 0.3 is 0 Å². The number of pyridine rings is 1. The molecular formula is C23H26FN7O. The molecule has 0 unspecified atom stereocenters. The number of hydrogen-bond acceptors (Lipinski definition) is 6. The molecule has 1 aromatic carbocycles. The SMILES string of the molecule is Cc1cc(N2CCC(CC#N)(N/C=C(/C(N)=O)C(N)=Nc3ccc(F)cc3)CC2)ccn1. The van der Waals surface area contributed by atoms with Gasteiger partial charge in [0.25, 0.3) is 5.91 Å². The summed E-state index contributed by atoms with van der Waals surface area (Å²) in [5, 5.41) is 12.6. The number of aryl methyl sites for hydroxylation is 1. The van der Waals surface area contributed by atoms with E-state index in [1.165, 1.54) is 30.5 Å². The predicted molar refractivity (Wildman–Crippen MR) is 121 cm³/mol. The summed E-state index contributed by atoms with van der Waals surface area (Å²) in [6.45, 7) is 3.41. The quantitative estimate of drug-likeness (QED) is 0.347. The molecule has 1 saturated heterocycles. The Labute approximate surface area is 186 Å². The molecule has 1 fully saturated rings. The molecular weight excluding hydrogens is 409 g/mol. The molecule has 0 atom stereocenters. The highest BCUT2D eigenvalue weighted by Gasteiger charge is 2.34. The maximum atomic E-state index is 13.1. The molecule has 0 spiro atoms. The van der Waals surface area contributed by atoms with E-state index in [2.05, 4.69) is 26.3 Å². The zero-order valence-corrected chi connectivity index (χ0v) is 17.9. The number of aliphatic imine (C=N–C) groups is 1. The van der Waals surface area contributed by atoms with Crippen molar-refractivity contribution in [2.24, 2.45) is 16.5 Å². The van der Waals surface area contributed by atoms with Gasteiger partial charge in [-0.1, -0.05) is 0 Å². The minimum atomic E-state index is -0.752. The van der Waals surface area contributed by atoms with Crippen LogP contribution in [0.3, 0.4) is 0 Å². The Morgan fingerprint density at radius 2 is 2.00 bits per heavy atom. The molecule has 166 valence electrons. The van der Waals surface area contributed by atoms with Crippen molar-refractivity contribution >= 4 is 23.1 Å². The zero-order valence-electron chi connectivity index (χ0n) is 17.9. The van der Waals surface area contributed by atoms with E-state index in [0.717, 1.165) is 24.5 Å². The van der Waals surface area contributed by atoms with Crippen molar-refractivity contribution in [2.45, 2.75) is 31.7 Å². The van der Waals surface area contributed by atoms with E-state index in [1.54, 1.807) is 6.20 Å². The molecule has 5 N–H and O–H groups in total. The molecule has 1 aliphatic rings. The van der Waals surface area contributed by atoms with E-state index in [-0.39, 0.29) is 17.8 Å². The second kappa shape index (κ2) is 9.92. The fraction of sp³-hybridized carbons (Fsp3) is 0.304. The number of anilines is 1. The minimum Gasteiger partial charge on any atom is -0.384 e. The molecule has 0 bridgehead atoms. The van der Waals surface area contributed by atoms with Gasteiger partial charge in [-0.15, -0.1) is 0 Å². The van der Waals surface area contributed by atoms with Crippen LogP contribution in [0.4, 0.5) is 15.8 Å². The summed E-state index contributed by atoms with van der Waals surface area (Å²) in [5.74, 6) is -1.24. The highest BCUT2D eigenvalue weighted by Crippen LogP contribution is 2.29. The van der Waals surface area contributed by atoms with Gasteiger partial charge in [0.2, 0.25) is 0 Å². The third-order valence-electron chi connectivity index (χ3n) is 5.52. The summed E-state index contributed by atoms with van der Waals surface area (Å²) >= 11 is 0. The van der Waals surface area contributed by atoms with E-state index in [0.29, 0.717) is 18.5 Å². The van der Waals surface area contributed by atoms with Gasteiger partial charge in [-0.05, 0) is 56.2 Å². The Morgan fingerprint density at radius 3 is 2.59 bits per heavy atom. The van der Waals surface area contributed by atoms with Crippen LogP contribution in [0.25, 0.3) is 0 Å². The highest BCUT2D eigenvalue weighted by molar-refractivity contribution is 6.20. The van der Waals surface area contributed by atoms with E-state index in [1.807, 2.05) is 19.1 Å². The van der Waals surface area contributed by atoms with Crippen LogP contribution in [-0.4, -0.2) is 35.4 Å². The molecule has 1 aromatic heterocycles. The van der Waals surface area contributed by atoms with Crippen molar-refractivity contribution < 1.29 is 9.18 Å². The molecule has 1 amide bonds. The van der Waals surface area contributed by atoms with Crippen molar-refractivity contribution in [3.8, 4) is 6.07 Å². The Kier molecular flexibility index (Phi) is 7.05. The summed E-state index contributed by atoms with van der Waals surface area (Å²) in [6, 6.07) is 11.6. The van der Waals surface area contributed by atoms with Crippen LogP contribution in [0.1, 0.15) is 25.0 Å². The van der Waals surface area contributed by atoms with Crippen molar-refractivity contribution in [3.05, 3.63) is 65.9 Å². The van der Waals surface area contributed by atoms with Gasteiger partial charge in [0.15, 0.2) is 0 Å². The number of nitriles is 1. The number of nitrogens with one attached hydrogen (secondary N) is 1. The first-order chi connectivity index (χ1) is 15.3. The Hall–Kier alpha value is -3.93. The highest BCUT2D eigenvalue weighted by atomic mass is 19.1. The normalized spacial score (nSPS) is 16.3. The number of benzene rings is 1. The van der Waals surface area contributed by atoms with Crippen LogP contribution in [0.15, 0.2) is 59.4 Å². The van der Waals surface area contributed by atoms with Crippen LogP contribution < -0.4 is 21.7 Å². The lowest BCUT2D eigenvalue weighted by atomic mass is 9.84. The monoisotopic (exact) mass is 435 g/mol. The number of hydrogen-bond donors (Lipinski definition) is 3. The molecule has 32 heavy (non-hydrogen) atoms. The average molecular weight is 436 g/mol. The second-order valence-corrected chi connectivity index (χ2v) is 7.80. The fourth-order valence-electron chi connectivity index (χ4n) is 3.66. The summed E-state index contributed by atoms with van der Waals surface area (Å²) < 4.78 is 13.1. The lowest BCUT2D eigenvalue weighted by molar-refractivity contribution is -0.114.